The van der Waals surface area contributed by atoms with Gasteiger partial charge in [-0.15, -0.1) is 0 Å². The molecular weight excluding hydrogens is 136 g/mol. The van der Waals surface area contributed by atoms with Crippen LogP contribution in [0, 0.1) is 0 Å². The van der Waals surface area contributed by atoms with E-state index in [2.05, 4.69) is 4.74 Å². The normalized spacial score (nSPS) is 45.3. The smallest absolute Gasteiger partial charge is 0.340 e. The Labute approximate surface area is 57.7 Å². The van der Waals surface area contributed by atoms with Crippen molar-refractivity contribution in [3.8, 4) is 0 Å². The minimum atomic E-state index is -1.33. The molecule has 0 aliphatic carbocycles. The van der Waals surface area contributed by atoms with Gasteiger partial charge in [0.25, 0.3) is 0 Å². The van der Waals surface area contributed by atoms with Crippen LogP contribution in [0.5, 0.6) is 0 Å². The lowest BCUT2D eigenvalue weighted by Gasteiger charge is -2.22. The number of ether oxygens (including phenoxy) is 2. The minimum absolute atomic E-state index is 0.0808. The predicted octanol–water partition coefficient (Wildman–Crippen LogP) is -0.937. The van der Waals surface area contributed by atoms with E-state index in [9.17, 15) is 9.90 Å². The third kappa shape index (κ3) is 0.660. The summed E-state index contributed by atoms with van der Waals surface area (Å²) in [5.74, 6) is -0.541. The number of fused-ring (bicyclic) bond motifs is 2. The Morgan fingerprint density at radius 3 is 3.20 bits per heavy atom. The molecular formula is C6H8O4. The molecule has 2 saturated heterocycles. The number of hydrogen-bond acceptors (Lipinski definition) is 4. The number of cyclic esters (lactones) is 1. The molecule has 0 aromatic heterocycles. The maximum Gasteiger partial charge on any atom is 0.340 e. The van der Waals surface area contributed by atoms with Gasteiger partial charge >= 0.3 is 5.97 Å². The van der Waals surface area contributed by atoms with E-state index in [4.69, 9.17) is 4.74 Å². The van der Waals surface area contributed by atoms with Gasteiger partial charge in [-0.2, -0.15) is 0 Å². The molecule has 0 unspecified atom stereocenters. The number of carbonyl (C=O) groups excluding carboxylic acids is 1. The SMILES string of the molecule is O=C1OC[C@@H]2C[C@@]1(O)CO2. The standard InChI is InChI=1S/C6H8O4/c7-5-6(8)1-4(2-9-5)10-3-6/h4,8H,1-3H2/t4-,6+/m0/s1. The first-order valence-corrected chi connectivity index (χ1v) is 3.22. The third-order valence-electron chi connectivity index (χ3n) is 1.90. The molecule has 2 aliphatic rings. The van der Waals surface area contributed by atoms with E-state index in [0.29, 0.717) is 13.0 Å². The van der Waals surface area contributed by atoms with Crippen LogP contribution in [-0.4, -0.2) is 36.0 Å². The molecule has 56 valence electrons. The topological polar surface area (TPSA) is 55.8 Å². The van der Waals surface area contributed by atoms with Gasteiger partial charge < -0.3 is 14.6 Å². The van der Waals surface area contributed by atoms with Crippen LogP contribution >= 0.6 is 0 Å². The average Bonchev–Trinajstić information content (AvgIpc) is 2.22. The second-order valence-electron chi connectivity index (χ2n) is 2.77. The Kier molecular flexibility index (Phi) is 1.04. The van der Waals surface area contributed by atoms with E-state index < -0.39 is 11.6 Å². The first-order chi connectivity index (χ1) is 4.71. The van der Waals surface area contributed by atoms with Gasteiger partial charge in [-0.3, -0.25) is 0 Å². The van der Waals surface area contributed by atoms with Crippen LogP contribution in [-0.2, 0) is 14.3 Å². The Balaban J connectivity index is 2.25. The van der Waals surface area contributed by atoms with E-state index in [-0.39, 0.29) is 12.7 Å². The van der Waals surface area contributed by atoms with Gasteiger partial charge in [0.2, 0.25) is 0 Å². The molecule has 4 heteroatoms. The maximum absolute atomic E-state index is 10.8. The lowest BCUT2D eigenvalue weighted by atomic mass is 9.99. The van der Waals surface area contributed by atoms with Gasteiger partial charge in [0.15, 0.2) is 5.60 Å². The van der Waals surface area contributed by atoms with Crippen molar-refractivity contribution in [3.63, 3.8) is 0 Å². The van der Waals surface area contributed by atoms with Crippen molar-refractivity contribution in [3.05, 3.63) is 0 Å². The summed E-state index contributed by atoms with van der Waals surface area (Å²) in [7, 11) is 0. The minimum Gasteiger partial charge on any atom is -0.461 e. The highest BCUT2D eigenvalue weighted by Crippen LogP contribution is 2.29. The lowest BCUT2D eigenvalue weighted by molar-refractivity contribution is -0.168. The van der Waals surface area contributed by atoms with Gasteiger partial charge in [-0.05, 0) is 0 Å². The molecule has 2 atom stereocenters. The fourth-order valence-electron chi connectivity index (χ4n) is 1.30. The molecule has 2 aliphatic heterocycles. The second kappa shape index (κ2) is 1.71. The summed E-state index contributed by atoms with van der Waals surface area (Å²) < 4.78 is 9.71. The molecule has 10 heavy (non-hydrogen) atoms. The molecule has 4 nitrogen and oxygen atoms in total. The summed E-state index contributed by atoms with van der Waals surface area (Å²) in [6.45, 7) is 0.387. The van der Waals surface area contributed by atoms with Crippen molar-refractivity contribution in [1.82, 2.24) is 0 Å². The zero-order valence-corrected chi connectivity index (χ0v) is 5.37. The zero-order valence-electron chi connectivity index (χ0n) is 5.37. The van der Waals surface area contributed by atoms with Crippen LogP contribution in [0.25, 0.3) is 0 Å². The van der Waals surface area contributed by atoms with Crippen LogP contribution in [0.1, 0.15) is 6.42 Å². The van der Waals surface area contributed by atoms with Crippen molar-refractivity contribution in [2.45, 2.75) is 18.1 Å². The molecule has 0 radical (unpaired) electrons. The van der Waals surface area contributed by atoms with Crippen molar-refractivity contribution >= 4 is 5.97 Å². The largest absolute Gasteiger partial charge is 0.461 e. The van der Waals surface area contributed by atoms with E-state index in [1.807, 2.05) is 0 Å². The van der Waals surface area contributed by atoms with Crippen LogP contribution in [0.3, 0.4) is 0 Å². The molecule has 1 N–H and O–H groups in total. The Morgan fingerprint density at radius 2 is 2.50 bits per heavy atom. The number of rotatable bonds is 0. The summed E-state index contributed by atoms with van der Waals surface area (Å²) in [5.41, 5.74) is -1.33. The number of esters is 1. The fraction of sp³-hybridized carbons (Fsp3) is 0.833. The summed E-state index contributed by atoms with van der Waals surface area (Å²) in [6, 6.07) is 0. The van der Waals surface area contributed by atoms with Crippen LogP contribution in [0.15, 0.2) is 0 Å². The summed E-state index contributed by atoms with van der Waals surface area (Å²) in [5, 5.41) is 9.39. The molecule has 0 aromatic carbocycles. The first-order valence-electron chi connectivity index (χ1n) is 3.22. The molecule has 2 bridgehead atoms. The second-order valence-corrected chi connectivity index (χ2v) is 2.77. The highest BCUT2D eigenvalue weighted by atomic mass is 16.6. The van der Waals surface area contributed by atoms with Crippen LogP contribution in [0.2, 0.25) is 0 Å². The van der Waals surface area contributed by atoms with Crippen molar-refractivity contribution in [2.75, 3.05) is 13.2 Å². The average molecular weight is 144 g/mol. The van der Waals surface area contributed by atoms with Crippen molar-refractivity contribution in [2.24, 2.45) is 0 Å². The predicted molar refractivity (Wildman–Crippen MR) is 30.3 cm³/mol. The van der Waals surface area contributed by atoms with Crippen LogP contribution in [0.4, 0.5) is 0 Å². The third-order valence-corrected chi connectivity index (χ3v) is 1.90. The van der Waals surface area contributed by atoms with E-state index >= 15 is 0 Å². The van der Waals surface area contributed by atoms with E-state index in [1.165, 1.54) is 0 Å². The monoisotopic (exact) mass is 144 g/mol. The Morgan fingerprint density at radius 1 is 1.70 bits per heavy atom. The highest BCUT2D eigenvalue weighted by Gasteiger charge is 2.50. The van der Waals surface area contributed by atoms with Crippen molar-refractivity contribution < 1.29 is 19.4 Å². The first kappa shape index (κ1) is 6.12. The quantitative estimate of drug-likeness (QED) is 0.446. The van der Waals surface area contributed by atoms with Gasteiger partial charge in [-0.1, -0.05) is 0 Å². The number of carbonyl (C=O) groups is 1. The molecule has 0 aromatic rings. The molecule has 2 fully saturated rings. The summed E-state index contributed by atoms with van der Waals surface area (Å²) in [6.07, 6.45) is 0.314. The molecule has 0 amide bonds. The molecule has 0 saturated carbocycles. The van der Waals surface area contributed by atoms with Gasteiger partial charge in [0.05, 0.1) is 12.7 Å². The van der Waals surface area contributed by atoms with Gasteiger partial charge in [-0.25, -0.2) is 4.79 Å². The van der Waals surface area contributed by atoms with E-state index in [0.717, 1.165) is 0 Å². The molecule has 2 heterocycles. The summed E-state index contributed by atoms with van der Waals surface area (Å²) >= 11 is 0. The Bertz CT molecular complexity index is 179. The Hall–Kier alpha value is -0.610. The van der Waals surface area contributed by atoms with Crippen LogP contribution < -0.4 is 0 Å². The number of aliphatic hydroxyl groups is 1. The summed E-state index contributed by atoms with van der Waals surface area (Å²) in [4.78, 5) is 10.8. The molecule has 2 rings (SSSR count). The van der Waals surface area contributed by atoms with Crippen molar-refractivity contribution in [1.29, 1.82) is 0 Å². The van der Waals surface area contributed by atoms with Gasteiger partial charge in [0.1, 0.15) is 6.61 Å². The lowest BCUT2D eigenvalue weighted by Crippen LogP contribution is -2.44. The number of hydrogen-bond donors (Lipinski definition) is 1. The van der Waals surface area contributed by atoms with E-state index in [1.54, 1.807) is 0 Å². The van der Waals surface area contributed by atoms with Gasteiger partial charge in [0, 0.05) is 6.42 Å². The molecule has 0 spiro atoms. The maximum atomic E-state index is 10.8. The fourth-order valence-corrected chi connectivity index (χ4v) is 1.30. The zero-order chi connectivity index (χ0) is 7.19. The highest BCUT2D eigenvalue weighted by molar-refractivity contribution is 5.80.